The largest absolute Gasteiger partial charge is 0.393 e. The summed E-state index contributed by atoms with van der Waals surface area (Å²) in [5, 5.41) is 10.5. The standard InChI is InChI=1S/C27H46O3/c1-7-8-16(2)18-9-10-19-22-20(12-14-26(18,19)5)27(6)13-11-17(28)15-21(27)23-24(22)30-25(3,4)29-23/h16-24,28H,7-15H2,1-6H3/t16-,17-,18-,19?,20?,21?,22?,23-,24-,26-,27-/m1/s1. The Morgan fingerprint density at radius 1 is 0.867 bits per heavy atom. The molecule has 0 radical (unpaired) electrons. The Morgan fingerprint density at radius 3 is 2.27 bits per heavy atom. The highest BCUT2D eigenvalue weighted by molar-refractivity contribution is 5.15. The van der Waals surface area contributed by atoms with E-state index in [9.17, 15) is 5.11 Å². The lowest BCUT2D eigenvalue weighted by atomic mass is 9.43. The first kappa shape index (κ1) is 21.7. The molecule has 1 saturated heterocycles. The van der Waals surface area contributed by atoms with Gasteiger partial charge in [0.05, 0.1) is 18.3 Å². The van der Waals surface area contributed by atoms with Crippen molar-refractivity contribution in [3.63, 3.8) is 0 Å². The van der Waals surface area contributed by atoms with Gasteiger partial charge >= 0.3 is 0 Å². The van der Waals surface area contributed by atoms with E-state index in [4.69, 9.17) is 9.47 Å². The Labute approximate surface area is 184 Å². The van der Waals surface area contributed by atoms with Crippen LogP contribution in [0.2, 0.25) is 0 Å². The zero-order valence-corrected chi connectivity index (χ0v) is 20.3. The zero-order valence-electron chi connectivity index (χ0n) is 20.3. The van der Waals surface area contributed by atoms with E-state index in [0.29, 0.717) is 22.7 Å². The van der Waals surface area contributed by atoms with Crippen molar-refractivity contribution in [2.24, 2.45) is 46.3 Å². The SMILES string of the molecule is CCC[C@@H](C)[C@H]1CCC2C3C(CC[C@@]21C)[C@@]1(C)CC[C@@H](O)CC1[C@H]1OC(C)(C)O[C@H]31. The maximum atomic E-state index is 10.5. The van der Waals surface area contributed by atoms with Crippen LogP contribution < -0.4 is 0 Å². The molecule has 0 amide bonds. The second kappa shape index (κ2) is 7.19. The van der Waals surface area contributed by atoms with Gasteiger partial charge in [0.1, 0.15) is 0 Å². The molecule has 0 spiro atoms. The highest BCUT2D eigenvalue weighted by Gasteiger charge is 2.68. The normalized spacial score (nSPS) is 55.3. The third kappa shape index (κ3) is 3.00. The lowest BCUT2D eigenvalue weighted by molar-refractivity contribution is -0.190. The third-order valence-corrected chi connectivity index (χ3v) is 11.0. The number of aliphatic hydroxyl groups is 1. The van der Waals surface area contributed by atoms with Gasteiger partial charge in [-0.1, -0.05) is 40.5 Å². The molecule has 3 heteroatoms. The van der Waals surface area contributed by atoms with Crippen molar-refractivity contribution >= 4 is 0 Å². The average Bonchev–Trinajstić information content (AvgIpc) is 3.19. The summed E-state index contributed by atoms with van der Waals surface area (Å²) in [6, 6.07) is 0. The molecule has 0 aromatic heterocycles. The molecule has 30 heavy (non-hydrogen) atoms. The predicted octanol–water partition coefficient (Wildman–Crippen LogP) is 6.18. The fourth-order valence-corrected chi connectivity index (χ4v) is 9.79. The van der Waals surface area contributed by atoms with Crippen LogP contribution in [-0.2, 0) is 9.47 Å². The molecule has 1 aliphatic heterocycles. The van der Waals surface area contributed by atoms with Gasteiger partial charge in [0.15, 0.2) is 5.79 Å². The number of fused-ring (bicyclic) bond motifs is 8. The van der Waals surface area contributed by atoms with Crippen LogP contribution in [0.4, 0.5) is 0 Å². The van der Waals surface area contributed by atoms with E-state index in [1.54, 1.807) is 0 Å². The van der Waals surface area contributed by atoms with E-state index < -0.39 is 5.79 Å². The molecule has 1 N–H and O–H groups in total. The Morgan fingerprint density at radius 2 is 1.53 bits per heavy atom. The molecule has 5 aliphatic rings. The minimum absolute atomic E-state index is 0.160. The van der Waals surface area contributed by atoms with Crippen molar-refractivity contribution in [3.05, 3.63) is 0 Å². The highest BCUT2D eigenvalue weighted by Crippen LogP contribution is 2.70. The molecule has 0 bridgehead atoms. The number of rotatable bonds is 3. The van der Waals surface area contributed by atoms with Crippen LogP contribution in [0.1, 0.15) is 99.3 Å². The maximum Gasteiger partial charge on any atom is 0.163 e. The highest BCUT2D eigenvalue weighted by atomic mass is 16.8. The first-order chi connectivity index (χ1) is 14.1. The van der Waals surface area contributed by atoms with Crippen LogP contribution in [0, 0.1) is 46.3 Å². The minimum Gasteiger partial charge on any atom is -0.393 e. The van der Waals surface area contributed by atoms with Gasteiger partial charge in [0.2, 0.25) is 0 Å². The lowest BCUT2D eigenvalue weighted by Gasteiger charge is -2.63. The first-order valence-corrected chi connectivity index (χ1v) is 13.1. The molecule has 4 aliphatic carbocycles. The molecule has 11 atom stereocenters. The Balaban J connectivity index is 1.52. The van der Waals surface area contributed by atoms with Gasteiger partial charge < -0.3 is 14.6 Å². The van der Waals surface area contributed by atoms with Crippen molar-refractivity contribution < 1.29 is 14.6 Å². The number of hydrogen-bond donors (Lipinski definition) is 1. The molecular formula is C27H46O3. The first-order valence-electron chi connectivity index (χ1n) is 13.1. The van der Waals surface area contributed by atoms with E-state index in [1.165, 1.54) is 38.5 Å². The summed E-state index contributed by atoms with van der Waals surface area (Å²) in [4.78, 5) is 0. The van der Waals surface area contributed by atoms with Gasteiger partial charge in [-0.05, 0) is 105 Å². The number of hydrogen-bond acceptors (Lipinski definition) is 3. The van der Waals surface area contributed by atoms with Crippen molar-refractivity contribution in [2.45, 2.75) is 123 Å². The van der Waals surface area contributed by atoms with Crippen molar-refractivity contribution in [1.29, 1.82) is 0 Å². The van der Waals surface area contributed by atoms with E-state index in [-0.39, 0.29) is 18.3 Å². The lowest BCUT2D eigenvalue weighted by Crippen LogP contribution is -2.63. The van der Waals surface area contributed by atoms with Crippen LogP contribution in [-0.4, -0.2) is 29.2 Å². The second-order valence-electron chi connectivity index (χ2n) is 12.9. The third-order valence-electron chi connectivity index (χ3n) is 11.0. The molecule has 4 saturated carbocycles. The van der Waals surface area contributed by atoms with Crippen molar-refractivity contribution in [2.75, 3.05) is 0 Å². The van der Waals surface area contributed by atoms with E-state index in [1.807, 2.05) is 0 Å². The van der Waals surface area contributed by atoms with Crippen molar-refractivity contribution in [1.82, 2.24) is 0 Å². The predicted molar refractivity (Wildman–Crippen MR) is 120 cm³/mol. The molecule has 5 fully saturated rings. The van der Waals surface area contributed by atoms with Gasteiger partial charge in [0.25, 0.3) is 0 Å². The van der Waals surface area contributed by atoms with Crippen LogP contribution in [0.25, 0.3) is 0 Å². The summed E-state index contributed by atoms with van der Waals surface area (Å²) in [6.07, 6.45) is 11.5. The van der Waals surface area contributed by atoms with Gasteiger partial charge in [-0.15, -0.1) is 0 Å². The van der Waals surface area contributed by atoms with Crippen LogP contribution in [0.15, 0.2) is 0 Å². The number of ether oxygens (including phenoxy) is 2. The summed E-state index contributed by atoms with van der Waals surface area (Å²) in [5.74, 6) is 3.79. The monoisotopic (exact) mass is 418 g/mol. The molecule has 172 valence electrons. The number of aliphatic hydroxyl groups excluding tert-OH is 1. The molecule has 3 nitrogen and oxygen atoms in total. The van der Waals surface area contributed by atoms with Crippen LogP contribution in [0.5, 0.6) is 0 Å². The van der Waals surface area contributed by atoms with Gasteiger partial charge in [0, 0.05) is 0 Å². The van der Waals surface area contributed by atoms with Gasteiger partial charge in [-0.25, -0.2) is 0 Å². The van der Waals surface area contributed by atoms with E-state index in [0.717, 1.165) is 42.9 Å². The molecular weight excluding hydrogens is 372 g/mol. The van der Waals surface area contributed by atoms with Crippen LogP contribution in [0.3, 0.4) is 0 Å². The smallest absolute Gasteiger partial charge is 0.163 e. The van der Waals surface area contributed by atoms with Gasteiger partial charge in [-0.2, -0.15) is 0 Å². The topological polar surface area (TPSA) is 38.7 Å². The average molecular weight is 419 g/mol. The second-order valence-corrected chi connectivity index (χ2v) is 12.9. The molecule has 4 unspecified atom stereocenters. The van der Waals surface area contributed by atoms with E-state index >= 15 is 0 Å². The summed E-state index contributed by atoms with van der Waals surface area (Å²) >= 11 is 0. The summed E-state index contributed by atoms with van der Waals surface area (Å²) in [5.41, 5.74) is 0.761. The van der Waals surface area contributed by atoms with Gasteiger partial charge in [-0.3, -0.25) is 0 Å². The summed E-state index contributed by atoms with van der Waals surface area (Å²) in [6.45, 7) is 14.3. The maximum absolute atomic E-state index is 10.5. The quantitative estimate of drug-likeness (QED) is 0.594. The molecule has 5 rings (SSSR count). The Kier molecular flexibility index (Phi) is 5.20. The Hall–Kier alpha value is -0.120. The van der Waals surface area contributed by atoms with Crippen molar-refractivity contribution in [3.8, 4) is 0 Å². The summed E-state index contributed by atoms with van der Waals surface area (Å²) in [7, 11) is 0. The van der Waals surface area contributed by atoms with E-state index in [2.05, 4.69) is 41.5 Å². The fourth-order valence-electron chi connectivity index (χ4n) is 9.79. The van der Waals surface area contributed by atoms with Crippen LogP contribution >= 0.6 is 0 Å². The molecule has 0 aromatic carbocycles. The zero-order chi connectivity index (χ0) is 21.5. The summed E-state index contributed by atoms with van der Waals surface area (Å²) < 4.78 is 13.4. The molecule has 0 aromatic rings. The molecule has 1 heterocycles. The minimum atomic E-state index is -0.491. The Bertz CT molecular complexity index is 660. The fraction of sp³-hybridized carbons (Fsp3) is 1.00.